The van der Waals surface area contributed by atoms with Gasteiger partial charge in [0.05, 0.1) is 12.5 Å². The van der Waals surface area contributed by atoms with Crippen molar-refractivity contribution in [2.75, 3.05) is 0 Å². The summed E-state index contributed by atoms with van der Waals surface area (Å²) >= 11 is 0. The average Bonchev–Trinajstić information content (AvgIpc) is 2.98. The highest BCUT2D eigenvalue weighted by molar-refractivity contribution is 5.79. The third-order valence-electron chi connectivity index (χ3n) is 5.25. The Kier molecular flexibility index (Phi) is 3.90. The van der Waals surface area contributed by atoms with Gasteiger partial charge in [-0.25, -0.2) is 0 Å². The lowest BCUT2D eigenvalue weighted by Gasteiger charge is -2.17. The maximum Gasteiger partial charge on any atom is 0.224 e. The zero-order valence-corrected chi connectivity index (χ0v) is 13.5. The average molecular weight is 305 g/mol. The van der Waals surface area contributed by atoms with Crippen LogP contribution in [-0.4, -0.2) is 5.91 Å². The summed E-state index contributed by atoms with van der Waals surface area (Å²) < 4.78 is 0. The van der Waals surface area contributed by atoms with Crippen LogP contribution in [0.15, 0.2) is 42.5 Å². The van der Waals surface area contributed by atoms with E-state index >= 15 is 0 Å². The number of amides is 1. The fourth-order valence-electron chi connectivity index (χ4n) is 4.03. The van der Waals surface area contributed by atoms with Crippen LogP contribution in [-0.2, 0) is 30.5 Å². The minimum atomic E-state index is 0.141. The number of benzene rings is 2. The third kappa shape index (κ3) is 3.03. The molecule has 0 fully saturated rings. The Morgan fingerprint density at radius 2 is 1.78 bits per heavy atom. The summed E-state index contributed by atoms with van der Waals surface area (Å²) in [6.07, 6.45) is 7.53. The van der Waals surface area contributed by atoms with Crippen LogP contribution in [0, 0.1) is 0 Å². The molecule has 1 atom stereocenters. The van der Waals surface area contributed by atoms with Gasteiger partial charge in [-0.05, 0) is 66.3 Å². The van der Waals surface area contributed by atoms with Crippen molar-refractivity contribution in [3.63, 3.8) is 0 Å². The first-order valence-corrected chi connectivity index (χ1v) is 8.77. The van der Waals surface area contributed by atoms with Crippen LogP contribution in [0.5, 0.6) is 0 Å². The lowest BCUT2D eigenvalue weighted by Crippen LogP contribution is -2.28. The number of rotatable bonds is 3. The molecule has 2 aromatic rings. The van der Waals surface area contributed by atoms with Crippen LogP contribution in [0.2, 0.25) is 0 Å². The Balaban J connectivity index is 1.43. The van der Waals surface area contributed by atoms with Crippen LogP contribution in [0.4, 0.5) is 0 Å². The van der Waals surface area contributed by atoms with Gasteiger partial charge in [0, 0.05) is 0 Å². The lowest BCUT2D eigenvalue weighted by atomic mass is 9.90. The molecule has 0 aromatic heterocycles. The van der Waals surface area contributed by atoms with Crippen molar-refractivity contribution in [1.82, 2.24) is 5.32 Å². The Hall–Kier alpha value is -2.09. The van der Waals surface area contributed by atoms with Crippen molar-refractivity contribution in [2.24, 2.45) is 0 Å². The van der Waals surface area contributed by atoms with E-state index in [-0.39, 0.29) is 11.9 Å². The summed E-state index contributed by atoms with van der Waals surface area (Å²) in [6.45, 7) is 0. The van der Waals surface area contributed by atoms with E-state index in [1.165, 1.54) is 47.9 Å². The summed E-state index contributed by atoms with van der Waals surface area (Å²) in [5.41, 5.74) is 6.75. The second-order valence-electron chi connectivity index (χ2n) is 6.84. The third-order valence-corrected chi connectivity index (χ3v) is 5.25. The van der Waals surface area contributed by atoms with Crippen molar-refractivity contribution in [3.8, 4) is 0 Å². The first-order chi connectivity index (χ1) is 11.3. The Morgan fingerprint density at radius 3 is 2.70 bits per heavy atom. The molecule has 2 heteroatoms. The van der Waals surface area contributed by atoms with Gasteiger partial charge in [-0.3, -0.25) is 4.79 Å². The molecule has 0 saturated carbocycles. The fourth-order valence-corrected chi connectivity index (χ4v) is 4.03. The van der Waals surface area contributed by atoms with E-state index in [0.717, 1.165) is 18.4 Å². The SMILES string of the molecule is O=C(Cc1ccc2c(c1)CCCC2)NC1CCc2ccccc21. The molecule has 118 valence electrons. The van der Waals surface area contributed by atoms with Gasteiger partial charge in [0.15, 0.2) is 0 Å². The Bertz CT molecular complexity index is 734. The second-order valence-corrected chi connectivity index (χ2v) is 6.84. The van der Waals surface area contributed by atoms with E-state index in [1.807, 2.05) is 0 Å². The Morgan fingerprint density at radius 1 is 0.957 bits per heavy atom. The molecular formula is C21H23NO. The van der Waals surface area contributed by atoms with Gasteiger partial charge in [-0.2, -0.15) is 0 Å². The van der Waals surface area contributed by atoms with E-state index < -0.39 is 0 Å². The van der Waals surface area contributed by atoms with E-state index in [1.54, 1.807) is 0 Å². The molecule has 0 radical (unpaired) electrons. The summed E-state index contributed by atoms with van der Waals surface area (Å²) in [5.74, 6) is 0.141. The molecular weight excluding hydrogens is 282 g/mol. The molecule has 0 saturated heterocycles. The van der Waals surface area contributed by atoms with Gasteiger partial charge in [-0.1, -0.05) is 42.5 Å². The first-order valence-electron chi connectivity index (χ1n) is 8.77. The topological polar surface area (TPSA) is 29.1 Å². The highest BCUT2D eigenvalue weighted by Crippen LogP contribution is 2.30. The number of hydrogen-bond donors (Lipinski definition) is 1. The van der Waals surface area contributed by atoms with Crippen molar-refractivity contribution < 1.29 is 4.79 Å². The van der Waals surface area contributed by atoms with Crippen LogP contribution >= 0.6 is 0 Å². The van der Waals surface area contributed by atoms with Gasteiger partial charge < -0.3 is 5.32 Å². The molecule has 23 heavy (non-hydrogen) atoms. The zero-order chi connectivity index (χ0) is 15.6. The second kappa shape index (κ2) is 6.19. The maximum absolute atomic E-state index is 12.4. The van der Waals surface area contributed by atoms with E-state index in [4.69, 9.17) is 0 Å². The quantitative estimate of drug-likeness (QED) is 0.915. The van der Waals surface area contributed by atoms with Crippen LogP contribution in [0.1, 0.15) is 53.1 Å². The number of carbonyl (C=O) groups is 1. The monoisotopic (exact) mass is 305 g/mol. The number of aryl methyl sites for hydroxylation is 3. The smallest absolute Gasteiger partial charge is 0.224 e. The molecule has 2 nitrogen and oxygen atoms in total. The van der Waals surface area contributed by atoms with Crippen LogP contribution < -0.4 is 5.32 Å². The van der Waals surface area contributed by atoms with Gasteiger partial charge in [0.2, 0.25) is 5.91 Å². The van der Waals surface area contributed by atoms with E-state index in [9.17, 15) is 4.79 Å². The molecule has 4 rings (SSSR count). The zero-order valence-electron chi connectivity index (χ0n) is 13.5. The molecule has 0 aliphatic heterocycles. The summed E-state index contributed by atoms with van der Waals surface area (Å²) in [5, 5.41) is 3.22. The van der Waals surface area contributed by atoms with E-state index in [0.29, 0.717) is 6.42 Å². The van der Waals surface area contributed by atoms with Crippen molar-refractivity contribution in [1.29, 1.82) is 0 Å². The molecule has 2 aromatic carbocycles. The predicted molar refractivity (Wildman–Crippen MR) is 92.4 cm³/mol. The number of carbonyl (C=O) groups excluding carboxylic acids is 1. The molecule has 2 aliphatic rings. The van der Waals surface area contributed by atoms with Gasteiger partial charge >= 0.3 is 0 Å². The normalized spacial score (nSPS) is 19.0. The van der Waals surface area contributed by atoms with Crippen molar-refractivity contribution in [3.05, 3.63) is 70.3 Å². The van der Waals surface area contributed by atoms with Gasteiger partial charge in [0.1, 0.15) is 0 Å². The summed E-state index contributed by atoms with van der Waals surface area (Å²) in [6, 6.07) is 15.3. The van der Waals surface area contributed by atoms with Crippen molar-refractivity contribution in [2.45, 2.75) is 51.0 Å². The van der Waals surface area contributed by atoms with Gasteiger partial charge in [0.25, 0.3) is 0 Å². The van der Waals surface area contributed by atoms with Crippen LogP contribution in [0.3, 0.4) is 0 Å². The number of hydrogen-bond acceptors (Lipinski definition) is 1. The summed E-state index contributed by atoms with van der Waals surface area (Å²) in [7, 11) is 0. The lowest BCUT2D eigenvalue weighted by molar-refractivity contribution is -0.121. The first kappa shape index (κ1) is 14.5. The number of nitrogens with one attached hydrogen (secondary N) is 1. The molecule has 0 bridgehead atoms. The molecule has 2 aliphatic carbocycles. The molecule has 0 heterocycles. The molecule has 1 N–H and O–H groups in total. The number of fused-ring (bicyclic) bond motifs is 2. The largest absolute Gasteiger partial charge is 0.349 e. The highest BCUT2D eigenvalue weighted by Gasteiger charge is 2.23. The van der Waals surface area contributed by atoms with Crippen molar-refractivity contribution >= 4 is 5.91 Å². The fraction of sp³-hybridized carbons (Fsp3) is 0.381. The minimum absolute atomic E-state index is 0.141. The molecule has 1 unspecified atom stereocenters. The minimum Gasteiger partial charge on any atom is -0.349 e. The highest BCUT2D eigenvalue weighted by atomic mass is 16.1. The maximum atomic E-state index is 12.4. The van der Waals surface area contributed by atoms with Crippen LogP contribution in [0.25, 0.3) is 0 Å². The molecule has 0 spiro atoms. The van der Waals surface area contributed by atoms with E-state index in [2.05, 4.69) is 47.8 Å². The Labute approximate surface area is 137 Å². The van der Waals surface area contributed by atoms with Gasteiger partial charge in [-0.15, -0.1) is 0 Å². The standard InChI is InChI=1S/C21H23NO/c23-21(22-20-12-11-17-6-3-4-8-19(17)20)14-15-9-10-16-5-1-2-7-18(16)13-15/h3-4,6,8-10,13,20H,1-2,5,7,11-12,14H2,(H,22,23). The molecule has 1 amide bonds. The summed E-state index contributed by atoms with van der Waals surface area (Å²) in [4.78, 5) is 12.4. The predicted octanol–water partition coefficient (Wildman–Crippen LogP) is 3.91.